The molecule has 0 unspecified atom stereocenters. The van der Waals surface area contributed by atoms with Gasteiger partial charge >= 0.3 is 5.97 Å². The van der Waals surface area contributed by atoms with Gasteiger partial charge in [0.1, 0.15) is 5.75 Å². The molecule has 0 aliphatic heterocycles. The summed E-state index contributed by atoms with van der Waals surface area (Å²) in [5.41, 5.74) is 1.61. The van der Waals surface area contributed by atoms with Crippen molar-refractivity contribution < 1.29 is 14.6 Å². The third-order valence-corrected chi connectivity index (χ3v) is 3.35. The maximum absolute atomic E-state index is 12.2. The Balaban J connectivity index is 2.31. The van der Waals surface area contributed by atoms with Crippen LogP contribution in [0.1, 0.15) is 18.9 Å². The van der Waals surface area contributed by atoms with Crippen molar-refractivity contribution in [2.75, 3.05) is 6.61 Å². The van der Waals surface area contributed by atoms with Gasteiger partial charge < -0.3 is 14.4 Å². The molecule has 2 aromatic rings. The van der Waals surface area contributed by atoms with Crippen molar-refractivity contribution in [1.29, 1.82) is 0 Å². The number of aromatic nitrogens is 1. The zero-order chi connectivity index (χ0) is 16.1. The highest BCUT2D eigenvalue weighted by molar-refractivity contribution is 5.70. The van der Waals surface area contributed by atoms with Gasteiger partial charge in [-0.05, 0) is 42.3 Å². The Morgan fingerprint density at radius 2 is 1.86 bits per heavy atom. The van der Waals surface area contributed by atoms with Gasteiger partial charge in [-0.25, -0.2) is 0 Å². The van der Waals surface area contributed by atoms with E-state index in [0.717, 1.165) is 23.4 Å². The van der Waals surface area contributed by atoms with Crippen LogP contribution < -0.4 is 10.3 Å². The molecule has 22 heavy (non-hydrogen) atoms. The summed E-state index contributed by atoms with van der Waals surface area (Å²) < 4.78 is 7.00. The lowest BCUT2D eigenvalue weighted by atomic mass is 10.1. The first-order valence-electron chi connectivity index (χ1n) is 7.17. The molecular formula is C17H19NO4. The number of pyridine rings is 1. The smallest absolute Gasteiger partial charge is 0.308 e. The van der Waals surface area contributed by atoms with Crippen LogP contribution in [-0.2, 0) is 18.3 Å². The Kier molecular flexibility index (Phi) is 4.99. The van der Waals surface area contributed by atoms with Gasteiger partial charge in [0.15, 0.2) is 0 Å². The average Bonchev–Trinajstić information content (AvgIpc) is 2.50. The Morgan fingerprint density at radius 1 is 1.18 bits per heavy atom. The first-order valence-corrected chi connectivity index (χ1v) is 7.17. The van der Waals surface area contributed by atoms with E-state index in [1.807, 2.05) is 31.2 Å². The predicted octanol–water partition coefficient (Wildman–Crippen LogP) is 2.47. The Hall–Kier alpha value is -2.56. The minimum Gasteiger partial charge on any atom is -0.494 e. The van der Waals surface area contributed by atoms with Gasteiger partial charge in [-0.15, -0.1) is 0 Å². The van der Waals surface area contributed by atoms with Crippen LogP contribution in [0.15, 0.2) is 41.2 Å². The standard InChI is InChI=1S/C17H19NO4/c1-3-10-22-14-7-4-12(5-8-14)15-9-6-13(11-16(19)20)17(21)18(15)2/h4-9H,3,10-11H2,1-2H3,(H,19,20). The molecule has 0 aliphatic carbocycles. The molecule has 0 bridgehead atoms. The second-order valence-corrected chi connectivity index (χ2v) is 5.05. The number of hydrogen-bond acceptors (Lipinski definition) is 3. The molecule has 0 atom stereocenters. The summed E-state index contributed by atoms with van der Waals surface area (Å²) in [7, 11) is 1.64. The first-order chi connectivity index (χ1) is 10.5. The summed E-state index contributed by atoms with van der Waals surface area (Å²) in [6, 6.07) is 10.8. The molecule has 2 rings (SSSR count). The number of carboxylic acid groups (broad SMARTS) is 1. The van der Waals surface area contributed by atoms with Crippen molar-refractivity contribution in [2.24, 2.45) is 7.05 Å². The lowest BCUT2D eigenvalue weighted by Gasteiger charge is -2.11. The van der Waals surface area contributed by atoms with Crippen LogP contribution >= 0.6 is 0 Å². The molecule has 0 fully saturated rings. The normalized spacial score (nSPS) is 10.5. The second kappa shape index (κ2) is 6.93. The number of ether oxygens (including phenoxy) is 1. The molecule has 0 radical (unpaired) electrons. The minimum absolute atomic E-state index is 0.267. The van der Waals surface area contributed by atoms with Crippen LogP contribution in [0.4, 0.5) is 0 Å². The number of carbonyl (C=O) groups is 1. The highest BCUT2D eigenvalue weighted by atomic mass is 16.5. The summed E-state index contributed by atoms with van der Waals surface area (Å²) in [5.74, 6) is -0.222. The summed E-state index contributed by atoms with van der Waals surface area (Å²) >= 11 is 0. The lowest BCUT2D eigenvalue weighted by Crippen LogP contribution is -2.23. The van der Waals surface area contributed by atoms with Crippen molar-refractivity contribution in [3.8, 4) is 17.0 Å². The molecular weight excluding hydrogens is 282 g/mol. The second-order valence-electron chi connectivity index (χ2n) is 5.05. The van der Waals surface area contributed by atoms with Crippen molar-refractivity contribution >= 4 is 5.97 Å². The Bertz CT molecular complexity index is 716. The molecule has 0 saturated heterocycles. The van der Waals surface area contributed by atoms with E-state index in [4.69, 9.17) is 9.84 Å². The molecule has 0 amide bonds. The number of nitrogens with zero attached hydrogens (tertiary/aromatic N) is 1. The van der Waals surface area contributed by atoms with Gasteiger partial charge in [-0.1, -0.05) is 13.0 Å². The van der Waals surface area contributed by atoms with E-state index < -0.39 is 5.97 Å². The van der Waals surface area contributed by atoms with Gasteiger partial charge in [0.05, 0.1) is 18.7 Å². The van der Waals surface area contributed by atoms with Gasteiger partial charge in [-0.2, -0.15) is 0 Å². The molecule has 0 aliphatic rings. The van der Waals surface area contributed by atoms with Gasteiger partial charge in [-0.3, -0.25) is 9.59 Å². The lowest BCUT2D eigenvalue weighted by molar-refractivity contribution is -0.136. The predicted molar refractivity (Wildman–Crippen MR) is 84.2 cm³/mol. The zero-order valence-corrected chi connectivity index (χ0v) is 12.7. The molecule has 0 spiro atoms. The highest BCUT2D eigenvalue weighted by Gasteiger charge is 2.10. The van der Waals surface area contributed by atoms with E-state index in [0.29, 0.717) is 6.61 Å². The third-order valence-electron chi connectivity index (χ3n) is 3.35. The maximum atomic E-state index is 12.2. The first kappa shape index (κ1) is 15.8. The fourth-order valence-electron chi connectivity index (χ4n) is 2.22. The minimum atomic E-state index is -1.01. The molecule has 1 aromatic heterocycles. The van der Waals surface area contributed by atoms with E-state index >= 15 is 0 Å². The van der Waals surface area contributed by atoms with Crippen molar-refractivity contribution in [3.63, 3.8) is 0 Å². The molecule has 1 heterocycles. The highest BCUT2D eigenvalue weighted by Crippen LogP contribution is 2.21. The molecule has 5 heteroatoms. The van der Waals surface area contributed by atoms with Gasteiger partial charge in [0.2, 0.25) is 0 Å². The van der Waals surface area contributed by atoms with E-state index in [9.17, 15) is 9.59 Å². The SMILES string of the molecule is CCCOc1ccc(-c2ccc(CC(=O)O)c(=O)n2C)cc1. The molecule has 1 N–H and O–H groups in total. The Labute approximate surface area is 128 Å². The Morgan fingerprint density at radius 3 is 2.45 bits per heavy atom. The quantitative estimate of drug-likeness (QED) is 0.890. The fraction of sp³-hybridized carbons (Fsp3) is 0.294. The summed E-state index contributed by atoms with van der Waals surface area (Å²) in [5, 5.41) is 8.81. The molecule has 0 saturated carbocycles. The van der Waals surface area contributed by atoms with Crippen molar-refractivity contribution in [1.82, 2.24) is 4.57 Å². The van der Waals surface area contributed by atoms with Crippen LogP contribution in [0.3, 0.4) is 0 Å². The van der Waals surface area contributed by atoms with E-state index in [1.54, 1.807) is 19.2 Å². The van der Waals surface area contributed by atoms with E-state index in [-0.39, 0.29) is 17.5 Å². The third kappa shape index (κ3) is 3.55. The number of hydrogen-bond donors (Lipinski definition) is 1. The van der Waals surface area contributed by atoms with Gasteiger partial charge in [0.25, 0.3) is 5.56 Å². The number of rotatable bonds is 6. The average molecular weight is 301 g/mol. The number of carboxylic acids is 1. The molecule has 1 aromatic carbocycles. The van der Waals surface area contributed by atoms with Crippen LogP contribution in [0.5, 0.6) is 5.75 Å². The maximum Gasteiger partial charge on any atom is 0.308 e. The summed E-state index contributed by atoms with van der Waals surface area (Å²) in [6.45, 7) is 2.71. The van der Waals surface area contributed by atoms with E-state index in [2.05, 4.69) is 0 Å². The van der Waals surface area contributed by atoms with E-state index in [1.165, 1.54) is 4.57 Å². The zero-order valence-electron chi connectivity index (χ0n) is 12.7. The van der Waals surface area contributed by atoms with Crippen molar-refractivity contribution in [2.45, 2.75) is 19.8 Å². The monoisotopic (exact) mass is 301 g/mol. The van der Waals surface area contributed by atoms with Crippen LogP contribution in [0.25, 0.3) is 11.3 Å². The van der Waals surface area contributed by atoms with Gasteiger partial charge in [0, 0.05) is 12.6 Å². The van der Waals surface area contributed by atoms with Crippen LogP contribution in [0.2, 0.25) is 0 Å². The van der Waals surface area contributed by atoms with Crippen LogP contribution in [-0.4, -0.2) is 22.2 Å². The van der Waals surface area contributed by atoms with Crippen LogP contribution in [0, 0.1) is 0 Å². The number of benzene rings is 1. The topological polar surface area (TPSA) is 68.5 Å². The summed E-state index contributed by atoms with van der Waals surface area (Å²) in [6.07, 6.45) is 0.679. The fourth-order valence-corrected chi connectivity index (χ4v) is 2.22. The largest absolute Gasteiger partial charge is 0.494 e. The molecule has 5 nitrogen and oxygen atoms in total. The summed E-state index contributed by atoms with van der Waals surface area (Å²) in [4.78, 5) is 22.9. The number of aliphatic carboxylic acids is 1. The van der Waals surface area contributed by atoms with Crippen molar-refractivity contribution in [3.05, 3.63) is 52.3 Å². The molecule has 116 valence electrons.